The summed E-state index contributed by atoms with van der Waals surface area (Å²) in [5, 5.41) is 23.4. The zero-order valence-corrected chi connectivity index (χ0v) is 17.1. The molecule has 0 aliphatic carbocycles. The second-order valence-electron chi connectivity index (χ2n) is 6.74. The lowest BCUT2D eigenvalue weighted by molar-refractivity contribution is 0.0711. The summed E-state index contributed by atoms with van der Waals surface area (Å²) in [5.74, 6) is 0.715. The first kappa shape index (κ1) is 20.1. The number of hydrogen-bond donors (Lipinski definition) is 3. The van der Waals surface area contributed by atoms with E-state index in [1.165, 1.54) is 5.56 Å². The quantitative estimate of drug-likeness (QED) is 0.404. The van der Waals surface area contributed by atoms with Crippen LogP contribution in [0.5, 0.6) is 0 Å². The molecule has 1 aromatic carbocycles. The summed E-state index contributed by atoms with van der Waals surface area (Å²) in [6, 6.07) is 14.2. The van der Waals surface area contributed by atoms with Crippen molar-refractivity contribution in [1.82, 2.24) is 20.4 Å². The van der Waals surface area contributed by atoms with Gasteiger partial charge >= 0.3 is 0 Å². The molecule has 1 unspecified atom stereocenters. The lowest BCUT2D eigenvalue weighted by Crippen LogP contribution is -2.39. The van der Waals surface area contributed by atoms with Crippen LogP contribution in [0.1, 0.15) is 24.3 Å². The Labute approximate surface area is 170 Å². The second-order valence-corrected chi connectivity index (χ2v) is 7.69. The maximum Gasteiger partial charge on any atom is 0.191 e. The Morgan fingerprint density at radius 3 is 2.68 bits per heavy atom. The second kappa shape index (κ2) is 9.52. The third-order valence-corrected chi connectivity index (χ3v) is 5.48. The van der Waals surface area contributed by atoms with Gasteiger partial charge in [-0.25, -0.2) is 9.67 Å². The van der Waals surface area contributed by atoms with E-state index < -0.39 is 5.60 Å². The standard InChI is InChI=1S/C21H27N5OS/c1-3-22-20(24-16-21(2,27)19-6-4-15-28-19)23-13-11-17-7-9-18(10-8-17)26-14-5-12-25-26/h4-10,12,14-15,27H,3,11,13,16H2,1-2H3,(H2,22,23,24). The van der Waals surface area contributed by atoms with Crippen LogP contribution in [-0.4, -0.2) is 40.5 Å². The fourth-order valence-electron chi connectivity index (χ4n) is 2.80. The van der Waals surface area contributed by atoms with Crippen LogP contribution in [0, 0.1) is 0 Å². The molecule has 3 rings (SSSR count). The fraction of sp³-hybridized carbons (Fsp3) is 0.333. The van der Waals surface area contributed by atoms with Gasteiger partial charge in [0.25, 0.3) is 0 Å². The van der Waals surface area contributed by atoms with E-state index in [-0.39, 0.29) is 0 Å². The van der Waals surface area contributed by atoms with Crippen LogP contribution < -0.4 is 10.6 Å². The van der Waals surface area contributed by atoms with Crippen LogP contribution in [0.25, 0.3) is 5.69 Å². The first-order valence-corrected chi connectivity index (χ1v) is 10.3. The number of aromatic nitrogens is 2. The molecule has 0 bridgehead atoms. The first-order valence-electron chi connectivity index (χ1n) is 9.46. The van der Waals surface area contributed by atoms with Crippen molar-refractivity contribution in [3.8, 4) is 5.69 Å². The Morgan fingerprint density at radius 1 is 1.21 bits per heavy atom. The first-order chi connectivity index (χ1) is 13.6. The molecule has 3 N–H and O–H groups in total. The molecular formula is C21H27N5OS. The molecule has 0 aliphatic rings. The van der Waals surface area contributed by atoms with E-state index in [1.807, 2.05) is 41.4 Å². The fourth-order valence-corrected chi connectivity index (χ4v) is 3.58. The van der Waals surface area contributed by atoms with Gasteiger partial charge in [-0.3, -0.25) is 0 Å². The van der Waals surface area contributed by atoms with E-state index in [0.717, 1.165) is 30.1 Å². The van der Waals surface area contributed by atoms with E-state index >= 15 is 0 Å². The van der Waals surface area contributed by atoms with Crippen molar-refractivity contribution in [2.75, 3.05) is 19.6 Å². The minimum Gasteiger partial charge on any atom is -0.383 e. The van der Waals surface area contributed by atoms with Crippen LogP contribution in [0.15, 0.2) is 65.2 Å². The van der Waals surface area contributed by atoms with Gasteiger partial charge in [-0.2, -0.15) is 5.10 Å². The van der Waals surface area contributed by atoms with Crippen LogP contribution in [0.4, 0.5) is 0 Å². The summed E-state index contributed by atoms with van der Waals surface area (Å²) in [5.41, 5.74) is 1.33. The van der Waals surface area contributed by atoms with Crippen molar-refractivity contribution in [3.05, 3.63) is 70.7 Å². The molecule has 2 aromatic heterocycles. The van der Waals surface area contributed by atoms with E-state index in [4.69, 9.17) is 0 Å². The Kier molecular flexibility index (Phi) is 6.84. The molecule has 0 amide bonds. The van der Waals surface area contributed by atoms with E-state index in [0.29, 0.717) is 12.5 Å². The molecule has 2 heterocycles. The zero-order chi connectivity index (χ0) is 19.8. The highest BCUT2D eigenvalue weighted by atomic mass is 32.1. The van der Waals surface area contributed by atoms with Gasteiger partial charge in [0.2, 0.25) is 0 Å². The molecule has 7 heteroatoms. The number of hydrogen-bond acceptors (Lipinski definition) is 4. The van der Waals surface area contributed by atoms with E-state index in [9.17, 15) is 5.11 Å². The topological polar surface area (TPSA) is 74.5 Å². The molecule has 3 aromatic rings. The van der Waals surface area contributed by atoms with Crippen molar-refractivity contribution in [2.45, 2.75) is 25.9 Å². The third kappa shape index (κ3) is 5.43. The van der Waals surface area contributed by atoms with Gasteiger partial charge in [0.15, 0.2) is 5.96 Å². The number of rotatable bonds is 8. The molecule has 0 saturated carbocycles. The maximum atomic E-state index is 10.6. The van der Waals surface area contributed by atoms with Gasteiger partial charge in [0, 0.05) is 30.4 Å². The Hall–Kier alpha value is -2.64. The van der Waals surface area contributed by atoms with Gasteiger partial charge in [-0.05, 0) is 55.5 Å². The normalized spacial score (nSPS) is 13.9. The van der Waals surface area contributed by atoms with Crippen molar-refractivity contribution in [1.29, 1.82) is 0 Å². The van der Waals surface area contributed by atoms with Crippen molar-refractivity contribution in [2.24, 2.45) is 4.99 Å². The molecule has 0 saturated heterocycles. The van der Waals surface area contributed by atoms with Gasteiger partial charge < -0.3 is 15.7 Å². The van der Waals surface area contributed by atoms with E-state index in [1.54, 1.807) is 24.5 Å². The molecule has 6 nitrogen and oxygen atoms in total. The number of thiophene rings is 1. The van der Waals surface area contributed by atoms with Crippen molar-refractivity contribution in [3.63, 3.8) is 0 Å². The SMILES string of the molecule is CCNC(=NCC(C)(O)c1cccs1)NCCc1ccc(-n2cccn2)cc1. The van der Waals surface area contributed by atoms with Crippen LogP contribution in [0.3, 0.4) is 0 Å². The highest BCUT2D eigenvalue weighted by Crippen LogP contribution is 2.25. The highest BCUT2D eigenvalue weighted by molar-refractivity contribution is 7.10. The van der Waals surface area contributed by atoms with Crippen LogP contribution in [-0.2, 0) is 12.0 Å². The Balaban J connectivity index is 1.53. The number of nitrogens with zero attached hydrogens (tertiary/aromatic N) is 3. The van der Waals surface area contributed by atoms with Crippen LogP contribution >= 0.6 is 11.3 Å². The monoisotopic (exact) mass is 397 g/mol. The predicted molar refractivity (Wildman–Crippen MR) is 115 cm³/mol. The van der Waals surface area contributed by atoms with E-state index in [2.05, 4.69) is 45.0 Å². The molecule has 28 heavy (non-hydrogen) atoms. The summed E-state index contributed by atoms with van der Waals surface area (Å²) >= 11 is 1.54. The molecule has 0 spiro atoms. The average Bonchev–Trinajstić information content (AvgIpc) is 3.41. The molecule has 0 fully saturated rings. The summed E-state index contributed by atoms with van der Waals surface area (Å²) in [7, 11) is 0. The summed E-state index contributed by atoms with van der Waals surface area (Å²) in [6.07, 6.45) is 4.58. The summed E-state index contributed by atoms with van der Waals surface area (Å²) in [4.78, 5) is 5.48. The lowest BCUT2D eigenvalue weighted by atomic mass is 10.1. The number of aliphatic hydroxyl groups is 1. The Morgan fingerprint density at radius 2 is 2.04 bits per heavy atom. The largest absolute Gasteiger partial charge is 0.383 e. The molecular weight excluding hydrogens is 370 g/mol. The number of benzene rings is 1. The average molecular weight is 398 g/mol. The lowest BCUT2D eigenvalue weighted by Gasteiger charge is -2.20. The minimum atomic E-state index is -0.959. The predicted octanol–water partition coefficient (Wildman–Crippen LogP) is 2.94. The zero-order valence-electron chi connectivity index (χ0n) is 16.3. The van der Waals surface area contributed by atoms with Gasteiger partial charge in [0.05, 0.1) is 12.2 Å². The summed E-state index contributed by atoms with van der Waals surface area (Å²) < 4.78 is 1.84. The third-order valence-electron chi connectivity index (χ3n) is 4.35. The number of nitrogens with one attached hydrogen (secondary N) is 2. The molecule has 0 aliphatic heterocycles. The minimum absolute atomic E-state index is 0.307. The Bertz CT molecular complexity index is 855. The van der Waals surface area contributed by atoms with Crippen LogP contribution in [0.2, 0.25) is 0 Å². The summed E-state index contributed by atoms with van der Waals surface area (Å²) in [6.45, 7) is 5.66. The maximum absolute atomic E-state index is 10.6. The van der Waals surface area contributed by atoms with Gasteiger partial charge in [0.1, 0.15) is 5.60 Å². The molecule has 1 atom stereocenters. The van der Waals surface area contributed by atoms with Crippen molar-refractivity contribution < 1.29 is 5.11 Å². The van der Waals surface area contributed by atoms with Gasteiger partial charge in [-0.1, -0.05) is 18.2 Å². The number of guanidine groups is 1. The molecule has 148 valence electrons. The van der Waals surface area contributed by atoms with Crippen molar-refractivity contribution >= 4 is 17.3 Å². The molecule has 0 radical (unpaired) electrons. The highest BCUT2D eigenvalue weighted by Gasteiger charge is 2.23. The number of aliphatic imine (C=N–C) groups is 1. The van der Waals surface area contributed by atoms with Gasteiger partial charge in [-0.15, -0.1) is 11.3 Å². The smallest absolute Gasteiger partial charge is 0.191 e.